The van der Waals surface area contributed by atoms with Crippen LogP contribution in [-0.2, 0) is 14.6 Å². The van der Waals surface area contributed by atoms with Gasteiger partial charge in [-0.05, 0) is 56.3 Å². The zero-order valence-corrected chi connectivity index (χ0v) is 19.4. The number of carbonyl (C=O) groups excluding carboxylic acids is 1. The number of carbonyl (C=O) groups is 1. The second kappa shape index (κ2) is 10.4. The van der Waals surface area contributed by atoms with Crippen LogP contribution in [0.15, 0.2) is 52.0 Å². The molecule has 0 atom stereocenters. The van der Waals surface area contributed by atoms with Gasteiger partial charge in [-0.1, -0.05) is 15.9 Å². The number of anilines is 1. The number of hydrogen-bond donors (Lipinski definition) is 0. The molecule has 0 radical (unpaired) electrons. The normalized spacial score (nSPS) is 15.6. The standard InChI is InChI=1S/C21H26BrN3O4S/c1-2-29-21(26)17-4-9-20(23-16-17)25-11-3-10-24(12-13-25)14-15-30(27,28)19-7-5-18(22)6-8-19/h4-9,16H,2-3,10-15H2,1H3. The number of nitrogens with zero attached hydrogens (tertiary/aromatic N) is 3. The third-order valence-corrected chi connectivity index (χ3v) is 7.26. The summed E-state index contributed by atoms with van der Waals surface area (Å²) in [7, 11) is -3.30. The zero-order chi connectivity index (χ0) is 21.6. The minimum Gasteiger partial charge on any atom is -0.462 e. The lowest BCUT2D eigenvalue weighted by Gasteiger charge is -2.22. The molecular weight excluding hydrogens is 470 g/mol. The number of rotatable bonds is 7. The van der Waals surface area contributed by atoms with E-state index in [2.05, 4.69) is 30.7 Å². The Bertz CT molecular complexity index is 949. The molecule has 0 N–H and O–H groups in total. The highest BCUT2D eigenvalue weighted by atomic mass is 79.9. The lowest BCUT2D eigenvalue weighted by Crippen LogP contribution is -2.34. The fourth-order valence-corrected chi connectivity index (χ4v) is 4.89. The molecule has 0 aliphatic carbocycles. The maximum absolute atomic E-state index is 12.6. The number of benzene rings is 1. The van der Waals surface area contributed by atoms with Crippen LogP contribution < -0.4 is 4.90 Å². The fraction of sp³-hybridized carbons (Fsp3) is 0.429. The van der Waals surface area contributed by atoms with Crippen LogP contribution in [0.1, 0.15) is 23.7 Å². The summed E-state index contributed by atoms with van der Waals surface area (Å²) >= 11 is 3.33. The van der Waals surface area contributed by atoms with Gasteiger partial charge in [0.25, 0.3) is 0 Å². The molecular formula is C21H26BrN3O4S. The number of sulfone groups is 1. The van der Waals surface area contributed by atoms with Gasteiger partial charge in [-0.15, -0.1) is 0 Å². The molecule has 0 unspecified atom stereocenters. The maximum Gasteiger partial charge on any atom is 0.339 e. The fourth-order valence-electron chi connectivity index (χ4n) is 3.34. The van der Waals surface area contributed by atoms with Crippen LogP contribution in [0.3, 0.4) is 0 Å². The molecule has 9 heteroatoms. The molecule has 1 aliphatic rings. The maximum atomic E-state index is 12.6. The van der Waals surface area contributed by atoms with E-state index in [9.17, 15) is 13.2 Å². The first-order valence-corrected chi connectivity index (χ1v) is 12.4. The van der Waals surface area contributed by atoms with E-state index in [1.807, 2.05) is 6.07 Å². The lowest BCUT2D eigenvalue weighted by molar-refractivity contribution is 0.0526. The van der Waals surface area contributed by atoms with Crippen LogP contribution in [0, 0.1) is 0 Å². The van der Waals surface area contributed by atoms with Crippen molar-refractivity contribution in [3.8, 4) is 0 Å². The van der Waals surface area contributed by atoms with Crippen LogP contribution in [0.25, 0.3) is 0 Å². The highest BCUT2D eigenvalue weighted by molar-refractivity contribution is 9.10. The molecule has 0 spiro atoms. The molecule has 2 heterocycles. The summed E-state index contributed by atoms with van der Waals surface area (Å²) in [5, 5.41) is 0. The summed E-state index contributed by atoms with van der Waals surface area (Å²) in [6, 6.07) is 10.3. The number of aromatic nitrogens is 1. The SMILES string of the molecule is CCOC(=O)c1ccc(N2CCCN(CCS(=O)(=O)c3ccc(Br)cc3)CC2)nc1. The lowest BCUT2D eigenvalue weighted by atomic mass is 10.2. The van der Waals surface area contributed by atoms with Gasteiger partial charge in [-0.2, -0.15) is 0 Å². The first-order valence-electron chi connectivity index (χ1n) is 9.98. The van der Waals surface area contributed by atoms with Crippen molar-refractivity contribution in [2.75, 3.05) is 50.0 Å². The highest BCUT2D eigenvalue weighted by Crippen LogP contribution is 2.18. The molecule has 30 heavy (non-hydrogen) atoms. The monoisotopic (exact) mass is 495 g/mol. The quantitative estimate of drug-likeness (QED) is 0.546. The average molecular weight is 496 g/mol. The van der Waals surface area contributed by atoms with E-state index in [1.54, 1.807) is 43.5 Å². The van der Waals surface area contributed by atoms with Gasteiger partial charge < -0.3 is 14.5 Å². The summed E-state index contributed by atoms with van der Waals surface area (Å²) in [5.41, 5.74) is 0.440. The van der Waals surface area contributed by atoms with E-state index >= 15 is 0 Å². The zero-order valence-electron chi connectivity index (χ0n) is 17.0. The number of halogens is 1. The number of hydrogen-bond acceptors (Lipinski definition) is 7. The van der Waals surface area contributed by atoms with Crippen LogP contribution >= 0.6 is 15.9 Å². The molecule has 7 nitrogen and oxygen atoms in total. The molecule has 1 fully saturated rings. The van der Waals surface area contributed by atoms with Crippen LogP contribution in [-0.4, -0.2) is 69.4 Å². The largest absolute Gasteiger partial charge is 0.462 e. The second-order valence-electron chi connectivity index (χ2n) is 7.08. The summed E-state index contributed by atoms with van der Waals surface area (Å²) in [6.07, 6.45) is 2.46. The van der Waals surface area contributed by atoms with Crippen LogP contribution in [0.2, 0.25) is 0 Å². The Balaban J connectivity index is 1.54. The molecule has 1 saturated heterocycles. The van der Waals surface area contributed by atoms with Crippen molar-refractivity contribution in [2.45, 2.75) is 18.2 Å². The van der Waals surface area contributed by atoms with Gasteiger partial charge in [0.2, 0.25) is 0 Å². The molecule has 162 valence electrons. The summed E-state index contributed by atoms with van der Waals surface area (Å²) < 4.78 is 31.0. The summed E-state index contributed by atoms with van der Waals surface area (Å²) in [6.45, 7) is 5.80. The Hall–Kier alpha value is -1.97. The highest BCUT2D eigenvalue weighted by Gasteiger charge is 2.20. The topological polar surface area (TPSA) is 79.8 Å². The molecule has 0 amide bonds. The number of ether oxygens (including phenoxy) is 1. The third-order valence-electron chi connectivity index (χ3n) is 5.02. The van der Waals surface area contributed by atoms with Crippen molar-refractivity contribution < 1.29 is 17.9 Å². The van der Waals surface area contributed by atoms with E-state index in [0.29, 0.717) is 23.6 Å². The molecule has 2 aromatic rings. The minimum absolute atomic E-state index is 0.0983. The number of pyridine rings is 1. The van der Waals surface area contributed by atoms with Crippen molar-refractivity contribution in [2.24, 2.45) is 0 Å². The van der Waals surface area contributed by atoms with Gasteiger partial charge in [-0.25, -0.2) is 18.2 Å². The predicted molar refractivity (Wildman–Crippen MR) is 120 cm³/mol. The van der Waals surface area contributed by atoms with Crippen molar-refractivity contribution in [3.63, 3.8) is 0 Å². The van der Waals surface area contributed by atoms with Crippen molar-refractivity contribution in [3.05, 3.63) is 52.6 Å². The molecule has 0 bridgehead atoms. The molecule has 0 saturated carbocycles. The van der Waals surface area contributed by atoms with Crippen LogP contribution in [0.4, 0.5) is 5.82 Å². The van der Waals surface area contributed by atoms with Gasteiger partial charge in [0.1, 0.15) is 5.82 Å². The first-order chi connectivity index (χ1) is 14.4. The Morgan fingerprint density at radius 1 is 1.10 bits per heavy atom. The third kappa shape index (κ3) is 6.02. The molecule has 1 aromatic heterocycles. The summed E-state index contributed by atoms with van der Waals surface area (Å²) in [5.74, 6) is 0.541. The van der Waals surface area contributed by atoms with E-state index in [4.69, 9.17) is 4.74 Å². The Morgan fingerprint density at radius 2 is 1.87 bits per heavy atom. The molecule has 1 aliphatic heterocycles. The minimum atomic E-state index is -3.30. The molecule has 3 rings (SSSR count). The number of esters is 1. The van der Waals surface area contributed by atoms with Crippen molar-refractivity contribution in [1.82, 2.24) is 9.88 Å². The van der Waals surface area contributed by atoms with E-state index in [-0.39, 0.29) is 11.7 Å². The molecule has 1 aromatic carbocycles. The first kappa shape index (κ1) is 22.7. The van der Waals surface area contributed by atoms with Gasteiger partial charge in [0.05, 0.1) is 22.8 Å². The van der Waals surface area contributed by atoms with E-state index in [0.717, 1.165) is 42.9 Å². The Morgan fingerprint density at radius 3 is 2.53 bits per heavy atom. The second-order valence-corrected chi connectivity index (χ2v) is 10.1. The van der Waals surface area contributed by atoms with Crippen molar-refractivity contribution >= 4 is 37.6 Å². The van der Waals surface area contributed by atoms with Crippen LogP contribution in [0.5, 0.6) is 0 Å². The Kier molecular flexibility index (Phi) is 7.85. The average Bonchev–Trinajstić information content (AvgIpc) is 2.99. The van der Waals surface area contributed by atoms with Crippen molar-refractivity contribution in [1.29, 1.82) is 0 Å². The van der Waals surface area contributed by atoms with Gasteiger partial charge in [-0.3, -0.25) is 0 Å². The summed E-state index contributed by atoms with van der Waals surface area (Å²) in [4.78, 5) is 20.9. The van der Waals surface area contributed by atoms with Gasteiger partial charge in [0, 0.05) is 36.8 Å². The van der Waals surface area contributed by atoms with E-state index in [1.165, 1.54) is 0 Å². The predicted octanol–water partition coefficient (Wildman–Crippen LogP) is 3.01. The van der Waals surface area contributed by atoms with Gasteiger partial charge in [0.15, 0.2) is 9.84 Å². The van der Waals surface area contributed by atoms with Gasteiger partial charge >= 0.3 is 5.97 Å². The Labute approximate surface area is 186 Å². The smallest absolute Gasteiger partial charge is 0.339 e. The van der Waals surface area contributed by atoms with E-state index < -0.39 is 9.84 Å².